The maximum absolute atomic E-state index is 12.7. The monoisotopic (exact) mass is 442 g/mol. The predicted octanol–water partition coefficient (Wildman–Crippen LogP) is 0.223. The number of nitrogens with one attached hydrogen (secondary N) is 2. The molecule has 1 aliphatic heterocycles. The molecule has 0 saturated heterocycles. The molecule has 2 aromatic rings. The van der Waals surface area contributed by atoms with Crippen LogP contribution >= 0.6 is 0 Å². The highest BCUT2D eigenvalue weighted by Crippen LogP contribution is 2.34. The Bertz CT molecular complexity index is 1180. The van der Waals surface area contributed by atoms with Crippen LogP contribution in [0.3, 0.4) is 0 Å². The molecular formula is C15H18N6O6S2. The van der Waals surface area contributed by atoms with Gasteiger partial charge in [0.15, 0.2) is 0 Å². The molecule has 0 atom stereocenters. The van der Waals surface area contributed by atoms with Crippen LogP contribution in [0.4, 0.5) is 10.7 Å². The van der Waals surface area contributed by atoms with Gasteiger partial charge in [-0.15, -0.1) is 0 Å². The molecule has 0 spiro atoms. The van der Waals surface area contributed by atoms with Gasteiger partial charge in [0.25, 0.3) is 10.0 Å². The summed E-state index contributed by atoms with van der Waals surface area (Å²) in [4.78, 5) is 22.8. The van der Waals surface area contributed by atoms with E-state index in [-0.39, 0.29) is 35.8 Å². The molecule has 14 heteroatoms. The quantitative estimate of drug-likeness (QED) is 0.660. The fourth-order valence-electron chi connectivity index (χ4n) is 2.78. The molecule has 29 heavy (non-hydrogen) atoms. The Morgan fingerprint density at radius 3 is 2.66 bits per heavy atom. The molecule has 0 fully saturated rings. The van der Waals surface area contributed by atoms with Crippen molar-refractivity contribution in [3.8, 4) is 6.01 Å². The van der Waals surface area contributed by atoms with Crippen molar-refractivity contribution in [2.24, 2.45) is 0 Å². The van der Waals surface area contributed by atoms with Crippen molar-refractivity contribution in [2.75, 3.05) is 19.0 Å². The summed E-state index contributed by atoms with van der Waals surface area (Å²) in [6.45, 7) is 3.43. The average molecular weight is 442 g/mol. The number of carbonyl (C=O) groups excluding carboxylic acids is 1. The molecule has 2 N–H and O–H groups in total. The van der Waals surface area contributed by atoms with Crippen LogP contribution in [0.2, 0.25) is 0 Å². The van der Waals surface area contributed by atoms with Gasteiger partial charge >= 0.3 is 12.0 Å². The van der Waals surface area contributed by atoms with Crippen LogP contribution in [-0.4, -0.2) is 55.8 Å². The molecule has 12 nitrogen and oxygen atoms in total. The van der Waals surface area contributed by atoms with E-state index in [4.69, 9.17) is 4.74 Å². The number of ether oxygens (including phenoxy) is 1. The van der Waals surface area contributed by atoms with Crippen LogP contribution in [0.25, 0.3) is 0 Å². The van der Waals surface area contributed by atoms with Gasteiger partial charge in [0.1, 0.15) is 15.6 Å². The van der Waals surface area contributed by atoms with E-state index < -0.39 is 31.0 Å². The minimum Gasteiger partial charge on any atom is -0.467 e. The summed E-state index contributed by atoms with van der Waals surface area (Å²) in [7, 11) is -7.17. The third-order valence-corrected chi connectivity index (χ3v) is 7.58. The van der Waals surface area contributed by atoms with Crippen LogP contribution in [0.15, 0.2) is 28.0 Å². The van der Waals surface area contributed by atoms with Gasteiger partial charge in [-0.1, -0.05) is 19.1 Å². The van der Waals surface area contributed by atoms with Crippen LogP contribution < -0.4 is 14.8 Å². The topological polar surface area (TPSA) is 161 Å². The number of carbonyl (C=O) groups is 1. The first kappa shape index (κ1) is 20.9. The number of amides is 2. The Hall–Kier alpha value is -2.84. The Kier molecular flexibility index (Phi) is 5.42. The zero-order chi connectivity index (χ0) is 21.4. The zero-order valence-electron chi connectivity index (χ0n) is 15.7. The molecule has 0 bridgehead atoms. The van der Waals surface area contributed by atoms with Crippen molar-refractivity contribution < 1.29 is 26.4 Å². The molecular weight excluding hydrogens is 424 g/mol. The number of nitrogens with zero attached hydrogens (tertiary/aromatic N) is 4. The first-order valence-electron chi connectivity index (χ1n) is 8.31. The molecule has 1 aromatic carbocycles. The fourth-order valence-corrected chi connectivity index (χ4v) is 6.16. The molecule has 2 amide bonds. The number of urea groups is 1. The second-order valence-corrected chi connectivity index (χ2v) is 9.45. The lowest BCUT2D eigenvalue weighted by Crippen LogP contribution is -2.36. The smallest absolute Gasteiger partial charge is 0.335 e. The van der Waals surface area contributed by atoms with E-state index in [1.54, 1.807) is 11.6 Å². The normalized spacial score (nSPS) is 15.6. The first-order chi connectivity index (χ1) is 13.6. The molecule has 1 aliphatic rings. The Morgan fingerprint density at radius 2 is 2.00 bits per heavy atom. The molecule has 1 aromatic heterocycles. The van der Waals surface area contributed by atoms with Crippen molar-refractivity contribution in [3.05, 3.63) is 29.6 Å². The van der Waals surface area contributed by atoms with Gasteiger partial charge in [-0.05, 0) is 18.6 Å². The van der Waals surface area contributed by atoms with Gasteiger partial charge in [-0.25, -0.2) is 26.4 Å². The number of hydrogen-bond acceptors (Lipinski definition) is 9. The zero-order valence-corrected chi connectivity index (χ0v) is 17.3. The lowest BCUT2D eigenvalue weighted by atomic mass is 10.2. The Morgan fingerprint density at radius 1 is 1.28 bits per heavy atom. The molecule has 2 heterocycles. The second-order valence-electron chi connectivity index (χ2n) is 5.93. The summed E-state index contributed by atoms with van der Waals surface area (Å²) in [6.07, 6.45) is 0. The number of rotatable bonds is 5. The van der Waals surface area contributed by atoms with Gasteiger partial charge in [0.05, 0.1) is 7.11 Å². The number of aromatic nitrogens is 3. The van der Waals surface area contributed by atoms with Crippen LogP contribution in [0, 0.1) is 6.92 Å². The van der Waals surface area contributed by atoms with Crippen LogP contribution in [0.5, 0.6) is 6.01 Å². The van der Waals surface area contributed by atoms with Crippen molar-refractivity contribution in [2.45, 2.75) is 30.2 Å². The van der Waals surface area contributed by atoms with Crippen molar-refractivity contribution in [3.63, 3.8) is 0 Å². The van der Waals surface area contributed by atoms with Gasteiger partial charge in [-0.3, -0.25) is 5.32 Å². The van der Waals surface area contributed by atoms with E-state index in [0.29, 0.717) is 5.56 Å². The molecule has 156 valence electrons. The van der Waals surface area contributed by atoms with Crippen molar-refractivity contribution >= 4 is 32.0 Å². The van der Waals surface area contributed by atoms with Gasteiger partial charge < -0.3 is 4.74 Å². The lowest BCUT2D eigenvalue weighted by molar-refractivity contribution is 0.256. The number of anilines is 1. The molecule has 0 unspecified atom stereocenters. The number of aryl methyl sites for hydroxylation is 1. The third kappa shape index (κ3) is 3.99. The summed E-state index contributed by atoms with van der Waals surface area (Å²) >= 11 is 0. The Labute approximate surface area is 167 Å². The summed E-state index contributed by atoms with van der Waals surface area (Å²) in [6, 6.07) is 2.84. The van der Waals surface area contributed by atoms with E-state index in [9.17, 15) is 21.6 Å². The van der Waals surface area contributed by atoms with Crippen LogP contribution in [0.1, 0.15) is 18.3 Å². The van der Waals surface area contributed by atoms with E-state index in [1.807, 2.05) is 0 Å². The fraction of sp³-hybridized carbons (Fsp3) is 0.333. The minimum atomic E-state index is -4.50. The van der Waals surface area contributed by atoms with Crippen molar-refractivity contribution in [1.29, 1.82) is 0 Å². The SMILES string of the molecule is CCN1Cc2cccc(S(=O)(=O)NC(=O)Nc3nc(C)nc(OC)n3)c2S1(=O)=O. The third-order valence-electron chi connectivity index (χ3n) is 4.01. The predicted molar refractivity (Wildman–Crippen MR) is 100 cm³/mol. The maximum Gasteiger partial charge on any atom is 0.335 e. The van der Waals surface area contributed by atoms with E-state index in [1.165, 1.54) is 26.2 Å². The summed E-state index contributed by atoms with van der Waals surface area (Å²) in [5.74, 6) is 0.00626. The number of benzene rings is 1. The van der Waals surface area contributed by atoms with Crippen LogP contribution in [-0.2, 0) is 26.6 Å². The Balaban J connectivity index is 1.90. The second kappa shape index (κ2) is 7.53. The van der Waals surface area contributed by atoms with E-state index in [2.05, 4.69) is 20.3 Å². The average Bonchev–Trinajstić information content (AvgIpc) is 2.90. The van der Waals surface area contributed by atoms with E-state index >= 15 is 0 Å². The molecule has 3 rings (SSSR count). The summed E-state index contributed by atoms with van der Waals surface area (Å²) in [5, 5.41) is 2.16. The highest BCUT2D eigenvalue weighted by atomic mass is 32.2. The van der Waals surface area contributed by atoms with Crippen molar-refractivity contribution in [1.82, 2.24) is 24.0 Å². The molecule has 0 aliphatic carbocycles. The minimum absolute atomic E-state index is 0.0631. The summed E-state index contributed by atoms with van der Waals surface area (Å²) in [5.41, 5.74) is 0.341. The number of hydrogen-bond donors (Lipinski definition) is 2. The van der Waals surface area contributed by atoms with E-state index in [0.717, 1.165) is 10.4 Å². The molecule has 0 radical (unpaired) electrons. The van der Waals surface area contributed by atoms with Gasteiger partial charge in [-0.2, -0.15) is 19.3 Å². The summed E-state index contributed by atoms with van der Waals surface area (Å²) < 4.78 is 58.6. The number of sulfonamides is 2. The van der Waals surface area contributed by atoms with Gasteiger partial charge in [0, 0.05) is 13.1 Å². The number of fused-ring (bicyclic) bond motifs is 1. The largest absolute Gasteiger partial charge is 0.467 e. The maximum atomic E-state index is 12.7. The lowest BCUT2D eigenvalue weighted by Gasteiger charge is -2.13. The number of methoxy groups -OCH3 is 1. The highest BCUT2D eigenvalue weighted by Gasteiger charge is 2.39. The van der Waals surface area contributed by atoms with Gasteiger partial charge in [0.2, 0.25) is 16.0 Å². The standard InChI is InChI=1S/C15H18N6O6S2/c1-4-21-8-10-6-5-7-11(12(10)29(21,25)26)28(23,24)20-14(22)18-13-16-9(2)17-15(19-13)27-3/h5-7H,4,8H2,1-3H3,(H2,16,17,18,19,20,22). The first-order valence-corrected chi connectivity index (χ1v) is 11.2. The molecule has 0 saturated carbocycles. The highest BCUT2D eigenvalue weighted by molar-refractivity contribution is 7.93.